The third-order valence-electron chi connectivity index (χ3n) is 3.52. The number of aromatic nitrogens is 2. The largest absolute Gasteiger partial charge is 0.442 e. The number of Topliss-reactive ketones (excluding diaryl/α,β-unsaturated/α-hetero) is 1. The Morgan fingerprint density at radius 3 is 2.50 bits per heavy atom. The van der Waals surface area contributed by atoms with Gasteiger partial charge in [-0.1, -0.05) is 29.4 Å². The molecule has 0 aliphatic heterocycles. The molecule has 1 aromatic heterocycles. The van der Waals surface area contributed by atoms with E-state index in [1.54, 1.807) is 40.1 Å². The lowest BCUT2D eigenvalue weighted by Crippen LogP contribution is -2.27. The van der Waals surface area contributed by atoms with Gasteiger partial charge in [0.2, 0.25) is 0 Å². The summed E-state index contributed by atoms with van der Waals surface area (Å²) in [5.74, 6) is -0.145. The third kappa shape index (κ3) is 5.19. The molecule has 26 heavy (non-hydrogen) atoms. The van der Waals surface area contributed by atoms with Crippen molar-refractivity contribution in [1.29, 1.82) is 0 Å². The predicted octanol–water partition coefficient (Wildman–Crippen LogP) is 4.14. The summed E-state index contributed by atoms with van der Waals surface area (Å²) < 4.78 is 6.42. The lowest BCUT2D eigenvalue weighted by molar-refractivity contribution is -0.119. The van der Waals surface area contributed by atoms with E-state index in [1.807, 2.05) is 24.3 Å². The molecule has 2 aromatic rings. The van der Waals surface area contributed by atoms with Crippen LogP contribution < -0.4 is 0 Å². The van der Waals surface area contributed by atoms with Gasteiger partial charge in [0, 0.05) is 23.1 Å². The van der Waals surface area contributed by atoms with Gasteiger partial charge in [-0.3, -0.25) is 4.79 Å². The molecule has 1 heterocycles. The number of nitrogens with zero attached hydrogens (tertiary/aromatic N) is 5. The number of hydrogen-bond donors (Lipinski definition) is 0. The second kappa shape index (κ2) is 7.84. The molecule has 0 radical (unpaired) electrons. The number of ether oxygens (including phenoxy) is 1. The molecule has 0 spiro atoms. The standard InChI is InChI=1S/C18H21N5O3/c1-12(21-22-19)16(24)9-13-5-7-14(8-6-13)15-10-20-23(11-15)17(25)26-18(2,3)4/h5-8,10-12H,9H2,1-4H3. The molecule has 8 nitrogen and oxygen atoms in total. The van der Waals surface area contributed by atoms with Crippen LogP contribution in [-0.2, 0) is 16.0 Å². The van der Waals surface area contributed by atoms with Crippen LogP contribution in [0.4, 0.5) is 4.79 Å². The van der Waals surface area contributed by atoms with Crippen LogP contribution in [0, 0.1) is 0 Å². The Balaban J connectivity index is 2.08. The minimum Gasteiger partial charge on any atom is -0.442 e. The molecule has 1 atom stereocenters. The SMILES string of the molecule is CC(N=[N+]=[N-])C(=O)Cc1ccc(-c2cnn(C(=O)OC(C)(C)C)c2)cc1. The Kier molecular flexibility index (Phi) is 5.79. The molecule has 2 rings (SSSR count). The normalized spacial score (nSPS) is 12.2. The second-order valence-corrected chi connectivity index (χ2v) is 6.87. The molecule has 1 unspecified atom stereocenters. The maximum atomic E-state index is 12.0. The third-order valence-corrected chi connectivity index (χ3v) is 3.52. The summed E-state index contributed by atoms with van der Waals surface area (Å²) in [5, 5.41) is 7.44. The quantitative estimate of drug-likeness (QED) is 0.456. The molecule has 0 saturated heterocycles. The van der Waals surface area contributed by atoms with Gasteiger partial charge < -0.3 is 4.74 Å². The van der Waals surface area contributed by atoms with Gasteiger partial charge in [-0.25, -0.2) is 4.79 Å². The molecule has 0 saturated carbocycles. The van der Waals surface area contributed by atoms with E-state index in [2.05, 4.69) is 15.1 Å². The minimum absolute atomic E-state index is 0.145. The van der Waals surface area contributed by atoms with Crippen molar-refractivity contribution in [2.75, 3.05) is 0 Å². The zero-order valence-electron chi connectivity index (χ0n) is 15.2. The first-order valence-electron chi connectivity index (χ1n) is 8.14. The van der Waals surface area contributed by atoms with E-state index in [4.69, 9.17) is 10.3 Å². The molecule has 136 valence electrons. The summed E-state index contributed by atoms with van der Waals surface area (Å²) in [6, 6.07) is 6.64. The highest BCUT2D eigenvalue weighted by Crippen LogP contribution is 2.20. The Bertz CT molecular complexity index is 842. The number of carbonyl (C=O) groups is 2. The molecule has 0 amide bonds. The number of ketones is 1. The van der Waals surface area contributed by atoms with Crippen molar-refractivity contribution in [3.8, 4) is 11.1 Å². The summed E-state index contributed by atoms with van der Waals surface area (Å²) in [6.07, 6.45) is 2.82. The minimum atomic E-state index is -0.688. The van der Waals surface area contributed by atoms with Gasteiger partial charge in [-0.15, -0.1) is 0 Å². The average molecular weight is 355 g/mol. The summed E-state index contributed by atoms with van der Waals surface area (Å²) >= 11 is 0. The van der Waals surface area contributed by atoms with Crippen LogP contribution in [-0.4, -0.2) is 33.3 Å². The smallest absolute Gasteiger partial charge is 0.435 e. The van der Waals surface area contributed by atoms with Gasteiger partial charge in [0.15, 0.2) is 0 Å². The van der Waals surface area contributed by atoms with Crippen LogP contribution in [0.3, 0.4) is 0 Å². The van der Waals surface area contributed by atoms with E-state index in [9.17, 15) is 9.59 Å². The first-order chi connectivity index (χ1) is 12.2. The molecule has 0 bridgehead atoms. The highest BCUT2D eigenvalue weighted by molar-refractivity contribution is 5.86. The summed E-state index contributed by atoms with van der Waals surface area (Å²) in [5.41, 5.74) is 10.2. The zero-order chi connectivity index (χ0) is 19.3. The fraction of sp³-hybridized carbons (Fsp3) is 0.389. The van der Waals surface area contributed by atoms with Crippen LogP contribution in [0.15, 0.2) is 41.8 Å². The first kappa shape index (κ1) is 19.2. The fourth-order valence-corrected chi connectivity index (χ4v) is 2.19. The lowest BCUT2D eigenvalue weighted by Gasteiger charge is -2.18. The van der Waals surface area contributed by atoms with E-state index < -0.39 is 17.7 Å². The molecule has 8 heteroatoms. The van der Waals surface area contributed by atoms with Crippen molar-refractivity contribution < 1.29 is 14.3 Å². The van der Waals surface area contributed by atoms with Crippen molar-refractivity contribution in [3.63, 3.8) is 0 Å². The Morgan fingerprint density at radius 1 is 1.27 bits per heavy atom. The van der Waals surface area contributed by atoms with Crippen molar-refractivity contribution >= 4 is 11.9 Å². The monoisotopic (exact) mass is 355 g/mol. The number of benzene rings is 1. The van der Waals surface area contributed by atoms with E-state index in [1.165, 1.54) is 0 Å². The Morgan fingerprint density at radius 2 is 1.92 bits per heavy atom. The Hall–Kier alpha value is -3.12. The molecular weight excluding hydrogens is 334 g/mol. The molecule has 1 aromatic carbocycles. The summed E-state index contributed by atoms with van der Waals surface area (Å²) in [6.45, 7) is 6.94. The van der Waals surface area contributed by atoms with E-state index in [0.717, 1.165) is 21.4 Å². The van der Waals surface area contributed by atoms with Crippen LogP contribution in [0.2, 0.25) is 0 Å². The molecule has 0 aliphatic rings. The predicted molar refractivity (Wildman–Crippen MR) is 96.6 cm³/mol. The maximum Gasteiger partial charge on any atom is 0.435 e. The average Bonchev–Trinajstić information content (AvgIpc) is 3.04. The second-order valence-electron chi connectivity index (χ2n) is 6.87. The van der Waals surface area contributed by atoms with E-state index in [0.29, 0.717) is 0 Å². The number of carbonyl (C=O) groups excluding carboxylic acids is 2. The molecule has 0 aliphatic carbocycles. The van der Waals surface area contributed by atoms with Gasteiger partial charge in [0.05, 0.1) is 12.2 Å². The van der Waals surface area contributed by atoms with Crippen molar-refractivity contribution in [2.45, 2.75) is 45.8 Å². The number of hydrogen-bond acceptors (Lipinski definition) is 5. The van der Waals surface area contributed by atoms with Crippen LogP contribution >= 0.6 is 0 Å². The van der Waals surface area contributed by atoms with Crippen LogP contribution in [0.25, 0.3) is 21.6 Å². The highest BCUT2D eigenvalue weighted by Gasteiger charge is 2.18. The van der Waals surface area contributed by atoms with Gasteiger partial charge in [0.25, 0.3) is 0 Å². The van der Waals surface area contributed by atoms with Gasteiger partial charge >= 0.3 is 6.09 Å². The molecular formula is C18H21N5O3. The van der Waals surface area contributed by atoms with Gasteiger partial charge in [-0.2, -0.15) is 9.78 Å². The topological polar surface area (TPSA) is 110 Å². The Labute approximate surface area is 151 Å². The zero-order valence-corrected chi connectivity index (χ0v) is 15.2. The van der Waals surface area contributed by atoms with E-state index >= 15 is 0 Å². The number of azide groups is 1. The summed E-state index contributed by atoms with van der Waals surface area (Å²) in [7, 11) is 0. The van der Waals surface area contributed by atoms with Crippen molar-refractivity contribution in [2.24, 2.45) is 5.11 Å². The maximum absolute atomic E-state index is 12.0. The summed E-state index contributed by atoms with van der Waals surface area (Å²) in [4.78, 5) is 26.6. The number of rotatable bonds is 5. The van der Waals surface area contributed by atoms with Crippen LogP contribution in [0.5, 0.6) is 0 Å². The van der Waals surface area contributed by atoms with Crippen molar-refractivity contribution in [1.82, 2.24) is 9.78 Å². The molecule has 0 fully saturated rings. The lowest BCUT2D eigenvalue weighted by atomic mass is 10.0. The highest BCUT2D eigenvalue weighted by atomic mass is 16.6. The van der Waals surface area contributed by atoms with E-state index in [-0.39, 0.29) is 12.2 Å². The first-order valence-corrected chi connectivity index (χ1v) is 8.14. The van der Waals surface area contributed by atoms with Crippen LogP contribution in [0.1, 0.15) is 33.3 Å². The fourth-order valence-electron chi connectivity index (χ4n) is 2.19. The van der Waals surface area contributed by atoms with Gasteiger partial charge in [-0.05, 0) is 44.4 Å². The van der Waals surface area contributed by atoms with Gasteiger partial charge in [0.1, 0.15) is 11.4 Å². The van der Waals surface area contributed by atoms with Crippen molar-refractivity contribution in [3.05, 3.63) is 52.7 Å². The molecule has 0 N–H and O–H groups in total.